The van der Waals surface area contributed by atoms with Gasteiger partial charge in [0.1, 0.15) is 0 Å². The van der Waals surface area contributed by atoms with Gasteiger partial charge in [0.05, 0.1) is 0 Å². The molecular formula is C4H4N2O2S. The first-order valence-electron chi connectivity index (χ1n) is 2.29. The van der Waals surface area contributed by atoms with Crippen molar-refractivity contribution in [3.63, 3.8) is 0 Å². The minimum atomic E-state index is -0.390. The molecule has 0 saturated carbocycles. The molecule has 9 heavy (non-hydrogen) atoms. The van der Waals surface area contributed by atoms with Gasteiger partial charge in [0.2, 0.25) is 0 Å². The molecule has 0 bridgehead atoms. The molecular weight excluding hydrogens is 140 g/mol. The molecule has 4 nitrogen and oxygen atoms in total. The predicted molar refractivity (Wildman–Crippen MR) is 32.8 cm³/mol. The lowest BCUT2D eigenvalue weighted by Gasteiger charge is -1.83. The van der Waals surface area contributed by atoms with Crippen molar-refractivity contribution in [2.24, 2.45) is 0 Å². The number of nitrogens with zero attached hydrogens (tertiary/aromatic N) is 2. The van der Waals surface area contributed by atoms with E-state index in [9.17, 15) is 10.1 Å². The molecule has 1 heterocycles. The van der Waals surface area contributed by atoms with Crippen LogP contribution in [0.1, 0.15) is 5.01 Å². The molecule has 48 valence electrons. The fraction of sp³-hybridized carbons (Fsp3) is 0.250. The van der Waals surface area contributed by atoms with Gasteiger partial charge < -0.3 is 0 Å². The van der Waals surface area contributed by atoms with Crippen molar-refractivity contribution >= 4 is 11.3 Å². The minimum Gasteiger partial charge on any atom is -0.264 e. The second-order valence-corrected chi connectivity index (χ2v) is 2.40. The molecule has 0 aliphatic heterocycles. The minimum absolute atomic E-state index is 0.155. The average molecular weight is 144 g/mol. The largest absolute Gasteiger partial charge is 0.264 e. The third kappa shape index (κ3) is 1.77. The third-order valence-corrected chi connectivity index (χ3v) is 1.51. The highest BCUT2D eigenvalue weighted by molar-refractivity contribution is 7.09. The number of rotatable bonds is 2. The van der Waals surface area contributed by atoms with Gasteiger partial charge in [-0.15, -0.1) is 11.3 Å². The molecule has 5 heteroatoms. The quantitative estimate of drug-likeness (QED) is 0.458. The highest BCUT2D eigenvalue weighted by atomic mass is 32.1. The molecule has 0 atom stereocenters. The smallest absolute Gasteiger partial charge is 0.254 e. The fourth-order valence-electron chi connectivity index (χ4n) is 0.441. The molecule has 0 saturated heterocycles. The lowest BCUT2D eigenvalue weighted by atomic mass is 10.7. The fourth-order valence-corrected chi connectivity index (χ4v) is 1.02. The van der Waals surface area contributed by atoms with Gasteiger partial charge in [0.25, 0.3) is 6.54 Å². The maximum Gasteiger partial charge on any atom is 0.254 e. The Balaban J connectivity index is 2.58. The van der Waals surface area contributed by atoms with Crippen molar-refractivity contribution in [2.75, 3.05) is 0 Å². The van der Waals surface area contributed by atoms with Gasteiger partial charge in [-0.3, -0.25) is 10.1 Å². The van der Waals surface area contributed by atoms with Crippen molar-refractivity contribution in [3.8, 4) is 0 Å². The molecule has 1 aromatic rings. The summed E-state index contributed by atoms with van der Waals surface area (Å²) < 4.78 is 0. The van der Waals surface area contributed by atoms with E-state index in [2.05, 4.69) is 4.98 Å². The summed E-state index contributed by atoms with van der Waals surface area (Å²) in [5.74, 6) is 0. The molecule has 0 fully saturated rings. The Bertz CT molecular complexity index is 196. The van der Waals surface area contributed by atoms with E-state index in [1.807, 2.05) is 0 Å². The third-order valence-electron chi connectivity index (χ3n) is 0.748. The van der Waals surface area contributed by atoms with Crippen LogP contribution < -0.4 is 0 Å². The highest BCUT2D eigenvalue weighted by Crippen LogP contribution is 2.03. The highest BCUT2D eigenvalue weighted by Gasteiger charge is 2.01. The molecule has 0 aromatic carbocycles. The number of hydrogen-bond donors (Lipinski definition) is 0. The van der Waals surface area contributed by atoms with Gasteiger partial charge in [-0.25, -0.2) is 4.98 Å². The standard InChI is InChI=1S/C4H4N2O2S/c7-6(8)3-4-5-1-2-9-4/h1-2H,3H2. The summed E-state index contributed by atoms with van der Waals surface area (Å²) in [6.07, 6.45) is 1.56. The number of aromatic nitrogens is 1. The number of hydrogen-bond acceptors (Lipinski definition) is 4. The van der Waals surface area contributed by atoms with Crippen LogP contribution in [-0.4, -0.2) is 9.91 Å². The number of thiazole rings is 1. The molecule has 0 radical (unpaired) electrons. The first kappa shape index (κ1) is 6.15. The van der Waals surface area contributed by atoms with Crippen molar-refractivity contribution < 1.29 is 4.92 Å². The maximum atomic E-state index is 9.84. The molecule has 0 unspecified atom stereocenters. The van der Waals surface area contributed by atoms with Crippen LogP contribution in [0.15, 0.2) is 11.6 Å². The van der Waals surface area contributed by atoms with Crippen LogP contribution in [0.2, 0.25) is 0 Å². The molecule has 1 aromatic heterocycles. The van der Waals surface area contributed by atoms with E-state index in [1.54, 1.807) is 11.6 Å². The maximum absolute atomic E-state index is 9.84. The van der Waals surface area contributed by atoms with Crippen LogP contribution in [0.3, 0.4) is 0 Å². The molecule has 1 rings (SSSR count). The average Bonchev–Trinajstić information content (AvgIpc) is 2.15. The van der Waals surface area contributed by atoms with Crippen LogP contribution in [0.4, 0.5) is 0 Å². The van der Waals surface area contributed by atoms with Crippen molar-refractivity contribution in [1.29, 1.82) is 0 Å². The van der Waals surface area contributed by atoms with Gasteiger partial charge in [-0.05, 0) is 0 Å². The zero-order valence-electron chi connectivity index (χ0n) is 4.48. The Morgan fingerprint density at radius 1 is 1.89 bits per heavy atom. The Kier molecular flexibility index (Phi) is 1.74. The molecule has 0 N–H and O–H groups in total. The van der Waals surface area contributed by atoms with E-state index in [4.69, 9.17) is 0 Å². The zero-order chi connectivity index (χ0) is 6.69. The normalized spacial score (nSPS) is 9.33. The Labute approximate surface area is 55.3 Å². The van der Waals surface area contributed by atoms with Crippen molar-refractivity contribution in [2.45, 2.75) is 6.54 Å². The summed E-state index contributed by atoms with van der Waals surface area (Å²) in [7, 11) is 0. The second-order valence-electron chi connectivity index (χ2n) is 1.42. The van der Waals surface area contributed by atoms with Gasteiger partial charge in [-0.1, -0.05) is 0 Å². The van der Waals surface area contributed by atoms with Crippen molar-refractivity contribution in [3.05, 3.63) is 26.7 Å². The summed E-state index contributed by atoms with van der Waals surface area (Å²) in [6, 6.07) is 0. The van der Waals surface area contributed by atoms with E-state index < -0.39 is 4.92 Å². The van der Waals surface area contributed by atoms with Crippen LogP contribution in [0.5, 0.6) is 0 Å². The van der Waals surface area contributed by atoms with E-state index in [1.165, 1.54) is 11.3 Å². The summed E-state index contributed by atoms with van der Waals surface area (Å²) >= 11 is 1.30. The van der Waals surface area contributed by atoms with Gasteiger partial charge >= 0.3 is 0 Å². The van der Waals surface area contributed by atoms with Crippen LogP contribution in [-0.2, 0) is 6.54 Å². The van der Waals surface area contributed by atoms with Gasteiger partial charge in [0, 0.05) is 16.5 Å². The molecule has 0 spiro atoms. The first-order valence-corrected chi connectivity index (χ1v) is 3.17. The molecule has 0 amide bonds. The number of nitro groups is 1. The van der Waals surface area contributed by atoms with Crippen LogP contribution >= 0.6 is 11.3 Å². The summed E-state index contributed by atoms with van der Waals surface area (Å²) in [5.41, 5.74) is 0. The second kappa shape index (κ2) is 2.54. The van der Waals surface area contributed by atoms with Gasteiger partial charge in [0.15, 0.2) is 5.01 Å². The van der Waals surface area contributed by atoms with E-state index >= 15 is 0 Å². The van der Waals surface area contributed by atoms with Crippen LogP contribution in [0.25, 0.3) is 0 Å². The predicted octanol–water partition coefficient (Wildman–Crippen LogP) is 0.920. The lowest BCUT2D eigenvalue weighted by Crippen LogP contribution is -1.96. The molecule has 0 aliphatic carbocycles. The Morgan fingerprint density at radius 3 is 3.11 bits per heavy atom. The van der Waals surface area contributed by atoms with Crippen molar-refractivity contribution in [1.82, 2.24) is 4.98 Å². The van der Waals surface area contributed by atoms with Gasteiger partial charge in [-0.2, -0.15) is 0 Å². The Morgan fingerprint density at radius 2 is 2.67 bits per heavy atom. The SMILES string of the molecule is O=[N+]([O-])Cc1nccs1. The Hall–Kier alpha value is -0.970. The van der Waals surface area contributed by atoms with E-state index in [0.717, 1.165) is 0 Å². The first-order chi connectivity index (χ1) is 4.29. The monoisotopic (exact) mass is 144 g/mol. The summed E-state index contributed by atoms with van der Waals surface area (Å²) in [5, 5.41) is 12.1. The zero-order valence-corrected chi connectivity index (χ0v) is 5.30. The van der Waals surface area contributed by atoms with E-state index in [-0.39, 0.29) is 6.54 Å². The summed E-state index contributed by atoms with van der Waals surface area (Å²) in [4.78, 5) is 13.2. The van der Waals surface area contributed by atoms with Crippen LogP contribution in [0, 0.1) is 10.1 Å². The lowest BCUT2D eigenvalue weighted by molar-refractivity contribution is -0.496. The topological polar surface area (TPSA) is 56.0 Å². The molecule has 0 aliphatic rings. The van der Waals surface area contributed by atoms with E-state index in [0.29, 0.717) is 5.01 Å². The summed E-state index contributed by atoms with van der Waals surface area (Å²) in [6.45, 7) is -0.155.